The number of benzene rings is 1. The first-order valence-electron chi connectivity index (χ1n) is 4.58. The van der Waals surface area contributed by atoms with Crippen molar-refractivity contribution >= 4 is 10.9 Å². The summed E-state index contributed by atoms with van der Waals surface area (Å²) in [5.41, 5.74) is 6.27. The molecule has 0 amide bonds. The monoisotopic (exact) mass is 188 g/mol. The van der Waals surface area contributed by atoms with E-state index in [0.29, 0.717) is 13.2 Å². The molecule has 1 heterocycles. The van der Waals surface area contributed by atoms with E-state index in [0.717, 1.165) is 16.7 Å². The summed E-state index contributed by atoms with van der Waals surface area (Å²) in [5.74, 6) is 0.800. The third-order valence-corrected chi connectivity index (χ3v) is 1.97. The van der Waals surface area contributed by atoms with E-state index >= 15 is 0 Å². The number of nitrogens with zero attached hydrogens (tertiary/aromatic N) is 1. The van der Waals surface area contributed by atoms with Gasteiger partial charge in [-0.05, 0) is 12.1 Å². The van der Waals surface area contributed by atoms with Crippen molar-refractivity contribution < 1.29 is 4.74 Å². The topological polar surface area (TPSA) is 48.1 Å². The maximum Gasteiger partial charge on any atom is 0.145 e. The molecule has 3 heteroatoms. The molecule has 0 spiro atoms. The van der Waals surface area contributed by atoms with Gasteiger partial charge in [0, 0.05) is 18.1 Å². The van der Waals surface area contributed by atoms with Gasteiger partial charge in [0.2, 0.25) is 0 Å². The summed E-state index contributed by atoms with van der Waals surface area (Å²) in [5, 5.41) is 1.09. The van der Waals surface area contributed by atoms with Gasteiger partial charge in [-0.3, -0.25) is 4.98 Å². The van der Waals surface area contributed by atoms with Crippen molar-refractivity contribution in [2.45, 2.75) is 0 Å². The molecule has 2 aromatic rings. The molecule has 0 radical (unpaired) electrons. The van der Waals surface area contributed by atoms with Crippen LogP contribution in [0.3, 0.4) is 0 Å². The van der Waals surface area contributed by atoms with E-state index in [9.17, 15) is 0 Å². The second-order valence-electron chi connectivity index (χ2n) is 2.97. The third kappa shape index (κ3) is 1.67. The molecule has 0 fully saturated rings. The number of aromatic nitrogens is 1. The zero-order valence-electron chi connectivity index (χ0n) is 7.81. The number of hydrogen-bond donors (Lipinski definition) is 1. The molecule has 0 bridgehead atoms. The smallest absolute Gasteiger partial charge is 0.145 e. The van der Waals surface area contributed by atoms with Crippen LogP contribution in [0.5, 0.6) is 5.75 Å². The second kappa shape index (κ2) is 4.07. The van der Waals surface area contributed by atoms with Crippen molar-refractivity contribution in [3.8, 4) is 5.75 Å². The molecule has 0 aliphatic carbocycles. The largest absolute Gasteiger partial charge is 0.490 e. The molecule has 14 heavy (non-hydrogen) atoms. The van der Waals surface area contributed by atoms with Crippen LogP contribution in [0, 0.1) is 0 Å². The van der Waals surface area contributed by atoms with Gasteiger partial charge >= 0.3 is 0 Å². The van der Waals surface area contributed by atoms with Gasteiger partial charge in [-0.25, -0.2) is 0 Å². The predicted molar refractivity (Wildman–Crippen MR) is 56.3 cm³/mol. The predicted octanol–water partition coefficient (Wildman–Crippen LogP) is 1.57. The SMILES string of the molecule is NCCOc1cccc2cccnc12. The average Bonchev–Trinajstić information content (AvgIpc) is 2.26. The van der Waals surface area contributed by atoms with E-state index in [1.54, 1.807) is 6.20 Å². The molecule has 0 saturated carbocycles. The molecule has 1 aromatic carbocycles. The lowest BCUT2D eigenvalue weighted by Gasteiger charge is -2.06. The Kier molecular flexibility index (Phi) is 2.60. The molecule has 0 atom stereocenters. The average molecular weight is 188 g/mol. The standard InChI is InChI=1S/C11H12N2O/c12-6-8-14-10-5-1-3-9-4-2-7-13-11(9)10/h1-5,7H,6,8,12H2. The summed E-state index contributed by atoms with van der Waals surface area (Å²) in [6.45, 7) is 1.04. The van der Waals surface area contributed by atoms with Crippen LogP contribution < -0.4 is 10.5 Å². The Labute approximate surface area is 82.5 Å². The molecule has 0 unspecified atom stereocenters. The van der Waals surface area contributed by atoms with E-state index in [1.165, 1.54) is 0 Å². The van der Waals surface area contributed by atoms with E-state index in [4.69, 9.17) is 10.5 Å². The van der Waals surface area contributed by atoms with Crippen molar-refractivity contribution in [2.75, 3.05) is 13.2 Å². The van der Waals surface area contributed by atoms with Crippen LogP contribution in [0.1, 0.15) is 0 Å². The first kappa shape index (κ1) is 8.97. The summed E-state index contributed by atoms with van der Waals surface area (Å²) in [4.78, 5) is 4.27. The summed E-state index contributed by atoms with van der Waals surface area (Å²) in [7, 11) is 0. The summed E-state index contributed by atoms with van der Waals surface area (Å²) in [6.07, 6.45) is 1.76. The van der Waals surface area contributed by atoms with Crippen LogP contribution in [0.4, 0.5) is 0 Å². The minimum absolute atomic E-state index is 0.517. The number of nitrogens with two attached hydrogens (primary N) is 1. The number of ether oxygens (including phenoxy) is 1. The number of fused-ring (bicyclic) bond motifs is 1. The normalized spacial score (nSPS) is 10.4. The van der Waals surface area contributed by atoms with E-state index in [-0.39, 0.29) is 0 Å². The molecule has 0 aliphatic heterocycles. The number of pyridine rings is 1. The van der Waals surface area contributed by atoms with E-state index in [2.05, 4.69) is 4.98 Å². The van der Waals surface area contributed by atoms with Crippen LogP contribution in [-0.2, 0) is 0 Å². The van der Waals surface area contributed by atoms with Crippen LogP contribution in [-0.4, -0.2) is 18.1 Å². The fraction of sp³-hybridized carbons (Fsp3) is 0.182. The number of rotatable bonds is 3. The molecule has 72 valence electrons. The third-order valence-electron chi connectivity index (χ3n) is 1.97. The lowest BCUT2D eigenvalue weighted by atomic mass is 10.2. The highest BCUT2D eigenvalue weighted by atomic mass is 16.5. The molecule has 2 N–H and O–H groups in total. The Hall–Kier alpha value is -1.61. The summed E-state index contributed by atoms with van der Waals surface area (Å²) >= 11 is 0. The maximum absolute atomic E-state index is 5.48. The van der Waals surface area contributed by atoms with Crippen molar-refractivity contribution in [3.05, 3.63) is 36.5 Å². The minimum Gasteiger partial charge on any atom is -0.490 e. The quantitative estimate of drug-likeness (QED) is 0.795. The number of para-hydroxylation sites is 1. The van der Waals surface area contributed by atoms with Gasteiger partial charge in [-0.1, -0.05) is 18.2 Å². The van der Waals surface area contributed by atoms with Gasteiger partial charge in [0.25, 0.3) is 0 Å². The van der Waals surface area contributed by atoms with E-state index < -0.39 is 0 Å². The maximum atomic E-state index is 5.48. The minimum atomic E-state index is 0.517. The Bertz CT molecular complexity index is 423. The van der Waals surface area contributed by atoms with Gasteiger partial charge in [-0.2, -0.15) is 0 Å². The van der Waals surface area contributed by atoms with Crippen molar-refractivity contribution in [1.82, 2.24) is 4.98 Å². The zero-order valence-corrected chi connectivity index (χ0v) is 7.81. The summed E-state index contributed by atoms with van der Waals surface area (Å²) in [6, 6.07) is 9.80. The fourth-order valence-electron chi connectivity index (χ4n) is 1.36. The number of hydrogen-bond acceptors (Lipinski definition) is 3. The first-order valence-corrected chi connectivity index (χ1v) is 4.58. The molecule has 0 saturated heterocycles. The van der Waals surface area contributed by atoms with Crippen molar-refractivity contribution in [3.63, 3.8) is 0 Å². The van der Waals surface area contributed by atoms with Crippen molar-refractivity contribution in [1.29, 1.82) is 0 Å². The van der Waals surface area contributed by atoms with Gasteiger partial charge < -0.3 is 10.5 Å². The highest BCUT2D eigenvalue weighted by molar-refractivity contribution is 5.84. The zero-order chi connectivity index (χ0) is 9.80. The van der Waals surface area contributed by atoms with Crippen LogP contribution in [0.15, 0.2) is 36.5 Å². The molecule has 2 rings (SSSR count). The molecule has 1 aromatic heterocycles. The van der Waals surface area contributed by atoms with Gasteiger partial charge in [0.05, 0.1) is 0 Å². The fourth-order valence-corrected chi connectivity index (χ4v) is 1.36. The van der Waals surface area contributed by atoms with Crippen LogP contribution >= 0.6 is 0 Å². The first-order chi connectivity index (χ1) is 6.92. The highest BCUT2D eigenvalue weighted by Gasteiger charge is 2.00. The Balaban J connectivity index is 2.43. The second-order valence-corrected chi connectivity index (χ2v) is 2.97. The van der Waals surface area contributed by atoms with Gasteiger partial charge in [-0.15, -0.1) is 0 Å². The molecule has 0 aliphatic rings. The lowest BCUT2D eigenvalue weighted by Crippen LogP contribution is -2.10. The van der Waals surface area contributed by atoms with Crippen molar-refractivity contribution in [2.24, 2.45) is 5.73 Å². The Morgan fingerprint density at radius 2 is 2.07 bits per heavy atom. The van der Waals surface area contributed by atoms with E-state index in [1.807, 2.05) is 30.3 Å². The molecular weight excluding hydrogens is 176 g/mol. The van der Waals surface area contributed by atoms with Crippen LogP contribution in [0.2, 0.25) is 0 Å². The van der Waals surface area contributed by atoms with Gasteiger partial charge in [0.15, 0.2) is 0 Å². The molecule has 3 nitrogen and oxygen atoms in total. The lowest BCUT2D eigenvalue weighted by molar-refractivity contribution is 0.331. The Morgan fingerprint density at radius 1 is 1.21 bits per heavy atom. The Morgan fingerprint density at radius 3 is 2.93 bits per heavy atom. The van der Waals surface area contributed by atoms with Gasteiger partial charge in [0.1, 0.15) is 17.9 Å². The highest BCUT2D eigenvalue weighted by Crippen LogP contribution is 2.22. The molecular formula is C11H12N2O. The van der Waals surface area contributed by atoms with Crippen LogP contribution in [0.25, 0.3) is 10.9 Å². The summed E-state index contributed by atoms with van der Waals surface area (Å²) < 4.78 is 5.48.